The number of hydrogen-bond donors (Lipinski definition) is 0. The van der Waals surface area contributed by atoms with Crippen LogP contribution >= 0.6 is 0 Å². The third kappa shape index (κ3) is 4.87. The molecule has 4 nitrogen and oxygen atoms in total. The van der Waals surface area contributed by atoms with E-state index in [1.54, 1.807) is 9.13 Å². The predicted molar refractivity (Wildman–Crippen MR) is 184 cm³/mol. The largest absolute Gasteiger partial charge is 0.311 e. The molecule has 0 aliphatic carbocycles. The van der Waals surface area contributed by atoms with Gasteiger partial charge in [0.2, 0.25) is 0 Å². The maximum Gasteiger partial charge on any atom is 0.258 e. The molecule has 0 aliphatic heterocycles. The predicted octanol–water partition coefficient (Wildman–Crippen LogP) is 8.72. The molecular weight excluding hydrogens is 540 g/mol. The summed E-state index contributed by atoms with van der Waals surface area (Å²) in [4.78, 5) is 28.2. The maximum atomic E-state index is 14.1. The van der Waals surface area contributed by atoms with Gasteiger partial charge in [0.05, 0.1) is 11.0 Å². The van der Waals surface area contributed by atoms with Crippen molar-refractivity contribution in [2.24, 2.45) is 14.1 Å². The van der Waals surface area contributed by atoms with Crippen LogP contribution in [0.1, 0.15) is 0 Å². The number of fused-ring (bicyclic) bond motifs is 8. The van der Waals surface area contributed by atoms with E-state index in [0.717, 1.165) is 54.8 Å². The van der Waals surface area contributed by atoms with E-state index < -0.39 is 0 Å². The fraction of sp³-hybridized carbons (Fsp3) is 0.0500. The fourth-order valence-corrected chi connectivity index (χ4v) is 5.99. The lowest BCUT2D eigenvalue weighted by Gasteiger charge is -2.09. The fourth-order valence-electron chi connectivity index (χ4n) is 5.99. The van der Waals surface area contributed by atoms with Gasteiger partial charge in [-0.3, -0.25) is 9.59 Å². The molecule has 0 spiro atoms. The number of nitrogens with zero attached hydrogens (tertiary/aromatic N) is 2. The minimum Gasteiger partial charge on any atom is -0.311 e. The zero-order valence-corrected chi connectivity index (χ0v) is 24.6. The van der Waals surface area contributed by atoms with Crippen molar-refractivity contribution in [1.82, 2.24) is 9.13 Å². The van der Waals surface area contributed by atoms with Crippen molar-refractivity contribution in [3.8, 4) is 22.3 Å². The smallest absolute Gasteiger partial charge is 0.258 e. The number of benzene rings is 6. The van der Waals surface area contributed by atoms with E-state index in [9.17, 15) is 9.59 Å². The van der Waals surface area contributed by atoms with Gasteiger partial charge in [-0.1, -0.05) is 97.1 Å². The monoisotopic (exact) mass is 570 g/mol. The molecule has 4 bridgehead atoms. The zero-order valence-electron chi connectivity index (χ0n) is 24.6. The van der Waals surface area contributed by atoms with Crippen LogP contribution in [0.4, 0.5) is 0 Å². The molecule has 0 amide bonds. The van der Waals surface area contributed by atoms with Gasteiger partial charge in [0.1, 0.15) is 0 Å². The first-order valence-corrected chi connectivity index (χ1v) is 14.6. The highest BCUT2D eigenvalue weighted by atomic mass is 16.1. The van der Waals surface area contributed by atoms with E-state index >= 15 is 0 Å². The van der Waals surface area contributed by atoms with Crippen molar-refractivity contribution in [2.45, 2.75) is 0 Å². The lowest BCUT2D eigenvalue weighted by Crippen LogP contribution is -2.15. The standard InChI is InChI=1S/C40H30N2O2/c1-41-37-21-19-29(27-11-5-3-6-12-27)25-35(37)31-15-10-18-34(24-31)40(44)42(2)38-22-20-30(28-13-7-4-8-14-28)26-36(38)32-16-9-17-33(23-32)39(41)43/h3-26H,1-2H3. The summed E-state index contributed by atoms with van der Waals surface area (Å²) in [6.45, 7) is 0. The van der Waals surface area contributed by atoms with E-state index in [2.05, 4.69) is 36.4 Å². The molecule has 1 aromatic heterocycles. The Morgan fingerprint density at radius 3 is 1.16 bits per heavy atom. The molecule has 0 aliphatic rings. The van der Waals surface area contributed by atoms with Crippen molar-refractivity contribution in [3.05, 3.63) is 166 Å². The summed E-state index contributed by atoms with van der Waals surface area (Å²) in [7, 11) is 3.62. The van der Waals surface area contributed by atoms with E-state index in [0.29, 0.717) is 10.8 Å². The van der Waals surface area contributed by atoms with Crippen LogP contribution in [0.15, 0.2) is 155 Å². The maximum absolute atomic E-state index is 14.1. The molecule has 212 valence electrons. The van der Waals surface area contributed by atoms with Crippen molar-refractivity contribution >= 4 is 43.4 Å². The van der Waals surface area contributed by atoms with Crippen LogP contribution in [0.5, 0.6) is 0 Å². The van der Waals surface area contributed by atoms with Gasteiger partial charge in [0.25, 0.3) is 11.1 Å². The van der Waals surface area contributed by atoms with Crippen LogP contribution in [0.3, 0.4) is 0 Å². The Morgan fingerprint density at radius 1 is 0.364 bits per heavy atom. The van der Waals surface area contributed by atoms with Crippen LogP contribution in [-0.2, 0) is 14.1 Å². The van der Waals surface area contributed by atoms with Gasteiger partial charge in [0.15, 0.2) is 0 Å². The molecule has 7 aromatic rings. The van der Waals surface area contributed by atoms with Crippen molar-refractivity contribution in [2.75, 3.05) is 0 Å². The SMILES string of the molecule is Cn1c(=O)c2cccc(c2)c2cc(-c3ccccc3)ccc2n(C)c(=O)c2cccc(c2)c2cc(-c3ccccc3)ccc21. The lowest BCUT2D eigenvalue weighted by molar-refractivity contribution is 0.919. The molecule has 1 heterocycles. The Morgan fingerprint density at radius 2 is 0.750 bits per heavy atom. The van der Waals surface area contributed by atoms with Gasteiger partial charge in [-0.05, 0) is 81.6 Å². The lowest BCUT2D eigenvalue weighted by atomic mass is 10.0. The first kappa shape index (κ1) is 27.1. The Balaban J connectivity index is 1.68. The molecule has 0 radical (unpaired) electrons. The normalized spacial score (nSPS) is 11.1. The van der Waals surface area contributed by atoms with E-state index in [1.807, 2.05) is 123 Å². The summed E-state index contributed by atoms with van der Waals surface area (Å²) in [6.07, 6.45) is 0. The molecule has 44 heavy (non-hydrogen) atoms. The van der Waals surface area contributed by atoms with Gasteiger partial charge in [-0.15, -0.1) is 0 Å². The molecule has 0 saturated carbocycles. The molecule has 0 unspecified atom stereocenters. The minimum atomic E-state index is -0.112. The molecule has 0 N–H and O–H groups in total. The van der Waals surface area contributed by atoms with E-state index in [1.165, 1.54) is 0 Å². The Labute approximate surface area is 254 Å². The summed E-state index contributed by atoms with van der Waals surface area (Å²) in [5.74, 6) is 0. The average Bonchev–Trinajstić information content (AvgIpc) is 3.10. The van der Waals surface area contributed by atoms with Crippen LogP contribution in [-0.4, -0.2) is 9.13 Å². The molecular formula is C40H30N2O2. The van der Waals surface area contributed by atoms with Gasteiger partial charge in [-0.2, -0.15) is 0 Å². The van der Waals surface area contributed by atoms with E-state index in [-0.39, 0.29) is 11.1 Å². The molecule has 0 saturated heterocycles. The van der Waals surface area contributed by atoms with Crippen molar-refractivity contribution in [3.63, 3.8) is 0 Å². The molecule has 0 atom stereocenters. The highest BCUT2D eigenvalue weighted by Gasteiger charge is 2.08. The first-order valence-electron chi connectivity index (χ1n) is 14.6. The minimum absolute atomic E-state index is 0.112. The van der Waals surface area contributed by atoms with Gasteiger partial charge in [0, 0.05) is 35.6 Å². The van der Waals surface area contributed by atoms with Crippen LogP contribution in [0.25, 0.3) is 65.6 Å². The van der Waals surface area contributed by atoms with Crippen LogP contribution in [0.2, 0.25) is 0 Å². The second kappa shape index (κ2) is 11.2. The summed E-state index contributed by atoms with van der Waals surface area (Å²) in [5.41, 5.74) is 5.53. The Kier molecular flexibility index (Phi) is 6.88. The Bertz CT molecular complexity index is 2270. The summed E-state index contributed by atoms with van der Waals surface area (Å²) >= 11 is 0. The second-order valence-corrected chi connectivity index (χ2v) is 11.1. The quantitative estimate of drug-likeness (QED) is 0.209. The third-order valence-electron chi connectivity index (χ3n) is 8.38. The zero-order chi connectivity index (χ0) is 30.2. The molecule has 6 aromatic carbocycles. The highest BCUT2D eigenvalue weighted by molar-refractivity contribution is 6.00. The Hall–Kier alpha value is -5.74. The van der Waals surface area contributed by atoms with Crippen LogP contribution in [0, 0.1) is 0 Å². The number of aryl methyl sites for hydroxylation is 2. The molecule has 0 fully saturated rings. The van der Waals surface area contributed by atoms with Crippen molar-refractivity contribution in [1.29, 1.82) is 0 Å². The van der Waals surface area contributed by atoms with Gasteiger partial charge < -0.3 is 9.13 Å². The summed E-state index contributed by atoms with van der Waals surface area (Å²) in [6, 6.07) is 48.0. The number of hydrogen-bond acceptors (Lipinski definition) is 2. The summed E-state index contributed by atoms with van der Waals surface area (Å²) < 4.78 is 3.41. The second-order valence-electron chi connectivity index (χ2n) is 11.1. The average molecular weight is 571 g/mol. The molecule has 4 heteroatoms. The molecule has 7 rings (SSSR count). The first-order chi connectivity index (χ1) is 21.5. The van der Waals surface area contributed by atoms with Crippen molar-refractivity contribution < 1.29 is 0 Å². The topological polar surface area (TPSA) is 44.0 Å². The van der Waals surface area contributed by atoms with Gasteiger partial charge >= 0.3 is 0 Å². The van der Waals surface area contributed by atoms with Gasteiger partial charge in [-0.25, -0.2) is 0 Å². The number of rotatable bonds is 2. The van der Waals surface area contributed by atoms with Crippen LogP contribution < -0.4 is 11.1 Å². The highest BCUT2D eigenvalue weighted by Crippen LogP contribution is 2.28. The number of aromatic nitrogens is 2. The summed E-state index contributed by atoms with van der Waals surface area (Å²) in [5, 5.41) is 4.61. The van der Waals surface area contributed by atoms with E-state index in [4.69, 9.17) is 0 Å². The third-order valence-corrected chi connectivity index (χ3v) is 8.38.